The van der Waals surface area contributed by atoms with E-state index >= 15 is 0 Å². The summed E-state index contributed by atoms with van der Waals surface area (Å²) in [7, 11) is 1.70. The molecule has 1 aromatic heterocycles. The molecule has 1 heterocycles. The number of nitrogens with zero attached hydrogens (tertiary/aromatic N) is 3. The lowest BCUT2D eigenvalue weighted by Gasteiger charge is -2.57. The van der Waals surface area contributed by atoms with E-state index < -0.39 is 5.60 Å². The van der Waals surface area contributed by atoms with E-state index in [0.29, 0.717) is 30.8 Å². The number of hydrogen-bond donors (Lipinski definition) is 1. The number of ketones is 1. The molecule has 0 aliphatic heterocycles. The van der Waals surface area contributed by atoms with Gasteiger partial charge >= 0.3 is 0 Å². The summed E-state index contributed by atoms with van der Waals surface area (Å²) in [5, 5.41) is 15.5. The van der Waals surface area contributed by atoms with Crippen molar-refractivity contribution in [1.82, 2.24) is 9.78 Å². The molecule has 35 heavy (non-hydrogen) atoms. The number of aromatic nitrogens is 2. The Morgan fingerprint density at radius 2 is 2.03 bits per heavy atom. The third-order valence-electron chi connectivity index (χ3n) is 10.6. The average molecular weight is 482 g/mol. The van der Waals surface area contributed by atoms with Gasteiger partial charge in [-0.1, -0.05) is 13.0 Å². The van der Waals surface area contributed by atoms with E-state index in [1.54, 1.807) is 13.3 Å². The van der Waals surface area contributed by atoms with Crippen LogP contribution in [-0.4, -0.2) is 46.7 Å². The summed E-state index contributed by atoms with van der Waals surface area (Å²) in [6, 6.07) is 0. The minimum absolute atomic E-state index is 0.101. The second-order valence-corrected chi connectivity index (χ2v) is 12.2. The molecule has 4 saturated carbocycles. The fourth-order valence-corrected chi connectivity index (χ4v) is 9.11. The molecule has 4 fully saturated rings. The Kier molecular flexibility index (Phi) is 6.82. The van der Waals surface area contributed by atoms with E-state index in [-0.39, 0.29) is 11.3 Å². The molecule has 1 aromatic rings. The fourth-order valence-electron chi connectivity index (χ4n) is 9.11. The van der Waals surface area contributed by atoms with Crippen LogP contribution in [0.4, 0.5) is 5.69 Å². The molecule has 0 spiro atoms. The summed E-state index contributed by atoms with van der Waals surface area (Å²) in [5.74, 6) is 3.96. The van der Waals surface area contributed by atoms with Gasteiger partial charge in [-0.2, -0.15) is 5.10 Å². The number of methoxy groups -OCH3 is 1. The number of rotatable bonds is 7. The summed E-state index contributed by atoms with van der Waals surface area (Å²) < 4.78 is 7.15. The zero-order valence-electron chi connectivity index (χ0n) is 21.8. The number of allylic oxidation sites excluding steroid dienone is 1. The van der Waals surface area contributed by atoms with Gasteiger partial charge in [-0.3, -0.25) is 14.5 Å². The van der Waals surface area contributed by atoms with Gasteiger partial charge in [0.25, 0.3) is 0 Å². The standard InChI is InChI=1S/C29H43N3O3/c1-5-6-26-25(30-3)16-31-32(26)17-27(33)24-10-9-23-22-8-7-19-15-29(34,18-35-4)14-12-20(19)21(22)11-13-28(23,24)2/h5-6,16,19-24,34H,3,7-15,17-18H2,1-2,4H3/b6-5-/t19-,20-,21+,22+,23-,24+,28-,29+/m0/s1. The average Bonchev–Trinajstić information content (AvgIpc) is 3.39. The van der Waals surface area contributed by atoms with Crippen molar-refractivity contribution in [2.45, 2.75) is 83.8 Å². The molecule has 0 unspecified atom stereocenters. The molecule has 0 saturated heterocycles. The summed E-state index contributed by atoms with van der Waals surface area (Å²) in [5.41, 5.74) is 1.07. The third-order valence-corrected chi connectivity index (χ3v) is 10.6. The zero-order chi connectivity index (χ0) is 24.8. The molecule has 0 radical (unpaired) electrons. The maximum absolute atomic E-state index is 13.7. The quantitative estimate of drug-likeness (QED) is 0.525. The Morgan fingerprint density at radius 3 is 2.77 bits per heavy atom. The molecule has 8 atom stereocenters. The normalized spacial score (nSPS) is 40.8. The molecule has 192 valence electrons. The van der Waals surface area contributed by atoms with Gasteiger partial charge in [0, 0.05) is 13.0 Å². The first kappa shape index (κ1) is 24.9. The molecule has 4 aliphatic rings. The van der Waals surface area contributed by atoms with Crippen LogP contribution in [-0.2, 0) is 16.1 Å². The highest BCUT2D eigenvalue weighted by Crippen LogP contribution is 2.64. The summed E-state index contributed by atoms with van der Waals surface area (Å²) in [4.78, 5) is 17.8. The summed E-state index contributed by atoms with van der Waals surface area (Å²) in [6.45, 7) is 8.81. The fraction of sp³-hybridized carbons (Fsp3) is 0.759. The molecule has 0 aromatic carbocycles. The maximum Gasteiger partial charge on any atom is 0.157 e. The van der Waals surface area contributed by atoms with Gasteiger partial charge in [0.05, 0.1) is 24.1 Å². The van der Waals surface area contributed by atoms with Crippen LogP contribution in [0.5, 0.6) is 0 Å². The van der Waals surface area contributed by atoms with Crippen molar-refractivity contribution in [3.05, 3.63) is 18.0 Å². The molecule has 6 heteroatoms. The van der Waals surface area contributed by atoms with Crippen LogP contribution in [0.1, 0.15) is 77.3 Å². The predicted octanol–water partition coefficient (Wildman–Crippen LogP) is 5.46. The first-order chi connectivity index (χ1) is 16.8. The van der Waals surface area contributed by atoms with Crippen molar-refractivity contribution < 1.29 is 14.6 Å². The van der Waals surface area contributed by atoms with Crippen LogP contribution in [0, 0.1) is 40.9 Å². The third kappa shape index (κ3) is 4.25. The predicted molar refractivity (Wildman–Crippen MR) is 139 cm³/mol. The van der Waals surface area contributed by atoms with Crippen LogP contribution in [0.2, 0.25) is 0 Å². The van der Waals surface area contributed by atoms with E-state index in [1.807, 2.05) is 23.8 Å². The molecular formula is C29H43N3O3. The highest BCUT2D eigenvalue weighted by atomic mass is 16.5. The van der Waals surface area contributed by atoms with E-state index in [1.165, 1.54) is 25.7 Å². The van der Waals surface area contributed by atoms with Gasteiger partial charge in [0.15, 0.2) is 5.78 Å². The van der Waals surface area contributed by atoms with Crippen LogP contribution in [0.25, 0.3) is 6.08 Å². The van der Waals surface area contributed by atoms with Crippen LogP contribution in [0.3, 0.4) is 0 Å². The monoisotopic (exact) mass is 481 g/mol. The first-order valence-electron chi connectivity index (χ1n) is 13.7. The van der Waals surface area contributed by atoms with Crippen LogP contribution in [0.15, 0.2) is 17.3 Å². The lowest BCUT2D eigenvalue weighted by molar-refractivity contribution is -0.136. The van der Waals surface area contributed by atoms with Gasteiger partial charge in [-0.15, -0.1) is 0 Å². The maximum atomic E-state index is 13.7. The number of aliphatic imine (C=N–C) groups is 1. The number of carbonyl (C=O) groups excluding carboxylic acids is 1. The molecular weight excluding hydrogens is 438 g/mol. The minimum Gasteiger partial charge on any atom is -0.387 e. The topological polar surface area (TPSA) is 76.7 Å². The largest absolute Gasteiger partial charge is 0.387 e. The van der Waals surface area contributed by atoms with Crippen molar-refractivity contribution in [1.29, 1.82) is 0 Å². The van der Waals surface area contributed by atoms with E-state index in [0.717, 1.165) is 61.2 Å². The zero-order valence-corrected chi connectivity index (χ0v) is 21.8. The van der Waals surface area contributed by atoms with Crippen molar-refractivity contribution >= 4 is 24.3 Å². The molecule has 1 N–H and O–H groups in total. The lowest BCUT2D eigenvalue weighted by atomic mass is 9.49. The van der Waals surface area contributed by atoms with Gasteiger partial charge < -0.3 is 9.84 Å². The Labute approximate surface area is 210 Å². The van der Waals surface area contributed by atoms with Crippen LogP contribution < -0.4 is 0 Å². The Morgan fingerprint density at radius 1 is 1.23 bits per heavy atom. The lowest BCUT2D eigenvalue weighted by Crippen LogP contribution is -2.52. The molecule has 4 aliphatic carbocycles. The summed E-state index contributed by atoms with van der Waals surface area (Å²) in [6.07, 6.45) is 15.6. The van der Waals surface area contributed by atoms with Crippen LogP contribution >= 0.6 is 0 Å². The number of hydrogen-bond acceptors (Lipinski definition) is 5. The van der Waals surface area contributed by atoms with Gasteiger partial charge in [0.1, 0.15) is 12.2 Å². The molecule has 6 nitrogen and oxygen atoms in total. The number of Topliss-reactive ketones (excluding diaryl/α,β-unsaturated/α-hetero) is 1. The van der Waals surface area contributed by atoms with E-state index in [4.69, 9.17) is 4.74 Å². The summed E-state index contributed by atoms with van der Waals surface area (Å²) >= 11 is 0. The van der Waals surface area contributed by atoms with Crippen molar-refractivity contribution in [2.75, 3.05) is 13.7 Å². The van der Waals surface area contributed by atoms with Crippen molar-refractivity contribution in [2.24, 2.45) is 45.9 Å². The van der Waals surface area contributed by atoms with Crippen molar-refractivity contribution in [3.63, 3.8) is 0 Å². The van der Waals surface area contributed by atoms with E-state index in [9.17, 15) is 9.90 Å². The Hall–Kier alpha value is -1.79. The molecule has 0 amide bonds. The van der Waals surface area contributed by atoms with Gasteiger partial charge in [-0.25, -0.2) is 0 Å². The highest BCUT2D eigenvalue weighted by Gasteiger charge is 2.59. The number of aliphatic hydroxyl groups is 1. The van der Waals surface area contributed by atoms with Crippen molar-refractivity contribution in [3.8, 4) is 0 Å². The Bertz CT molecular complexity index is 986. The SMILES string of the molecule is C=Nc1cnn(CC(=O)[C@H]2CC[C@H]3[C@@H]4CC[C@H]5C[C@@](O)(COC)CC[C@@H]5[C@H]4CC[C@]23C)c1/C=C\C. The number of ether oxygens (including phenoxy) is 1. The van der Waals surface area contributed by atoms with Gasteiger partial charge in [0.2, 0.25) is 0 Å². The highest BCUT2D eigenvalue weighted by molar-refractivity contribution is 5.82. The minimum atomic E-state index is -0.629. The smallest absolute Gasteiger partial charge is 0.157 e. The second-order valence-electron chi connectivity index (χ2n) is 12.2. The number of fused-ring (bicyclic) bond motifs is 5. The second kappa shape index (κ2) is 9.59. The number of carbonyl (C=O) groups is 1. The van der Waals surface area contributed by atoms with Gasteiger partial charge in [-0.05, 0) is 113 Å². The first-order valence-corrected chi connectivity index (χ1v) is 13.7. The molecule has 5 rings (SSSR count). The Balaban J connectivity index is 1.29. The van der Waals surface area contributed by atoms with E-state index in [2.05, 4.69) is 23.7 Å². The molecule has 0 bridgehead atoms.